The van der Waals surface area contributed by atoms with E-state index in [-0.39, 0.29) is 18.0 Å². The van der Waals surface area contributed by atoms with Crippen LogP contribution in [0.3, 0.4) is 0 Å². The average Bonchev–Trinajstić information content (AvgIpc) is 2.39. The fraction of sp³-hybridized carbons (Fsp3) is 0.533. The molecule has 1 amide bonds. The molecule has 4 heteroatoms. The van der Waals surface area contributed by atoms with Crippen LogP contribution in [0, 0.1) is 0 Å². The van der Waals surface area contributed by atoms with Crippen molar-refractivity contribution in [2.75, 3.05) is 13.7 Å². The van der Waals surface area contributed by atoms with Gasteiger partial charge in [0.15, 0.2) is 0 Å². The van der Waals surface area contributed by atoms with E-state index in [9.17, 15) is 4.79 Å². The van der Waals surface area contributed by atoms with Crippen LogP contribution in [0.1, 0.15) is 35.7 Å². The Hall–Kier alpha value is -1.39. The van der Waals surface area contributed by atoms with Gasteiger partial charge in [-0.3, -0.25) is 4.79 Å². The van der Waals surface area contributed by atoms with Crippen molar-refractivity contribution in [2.24, 2.45) is 5.73 Å². The van der Waals surface area contributed by atoms with Crippen LogP contribution in [0.4, 0.5) is 0 Å². The van der Waals surface area contributed by atoms with Crippen molar-refractivity contribution in [2.45, 2.75) is 38.5 Å². The van der Waals surface area contributed by atoms with E-state index in [0.717, 1.165) is 30.5 Å². The van der Waals surface area contributed by atoms with Crippen molar-refractivity contribution in [1.29, 1.82) is 0 Å². The van der Waals surface area contributed by atoms with Crippen LogP contribution in [-0.2, 0) is 11.3 Å². The number of likely N-dealkylation sites (tertiary alicyclic amines) is 1. The number of carbonyl (C=O) groups is 1. The molecule has 1 heterocycles. The first kappa shape index (κ1) is 14.0. The Morgan fingerprint density at radius 2 is 2.32 bits per heavy atom. The summed E-state index contributed by atoms with van der Waals surface area (Å²) in [7, 11) is 1.66. The minimum atomic E-state index is 0.0948. The molecule has 104 valence electrons. The van der Waals surface area contributed by atoms with E-state index in [0.29, 0.717) is 6.61 Å². The summed E-state index contributed by atoms with van der Waals surface area (Å²) < 4.78 is 5.10. The maximum absolute atomic E-state index is 12.5. The molecule has 4 nitrogen and oxygen atoms in total. The van der Waals surface area contributed by atoms with Gasteiger partial charge in [-0.2, -0.15) is 0 Å². The zero-order valence-electron chi connectivity index (χ0n) is 11.6. The number of benzene rings is 1. The number of rotatable bonds is 3. The summed E-state index contributed by atoms with van der Waals surface area (Å²) in [4.78, 5) is 14.4. The molecule has 2 N–H and O–H groups in total. The van der Waals surface area contributed by atoms with Crippen molar-refractivity contribution < 1.29 is 9.53 Å². The van der Waals surface area contributed by atoms with Crippen LogP contribution < -0.4 is 5.73 Å². The van der Waals surface area contributed by atoms with Crippen LogP contribution >= 0.6 is 0 Å². The molecule has 0 bridgehead atoms. The summed E-state index contributed by atoms with van der Waals surface area (Å²) in [5.41, 5.74) is 7.69. The molecule has 1 aromatic rings. The van der Waals surface area contributed by atoms with Gasteiger partial charge in [-0.1, -0.05) is 12.1 Å². The Morgan fingerprint density at radius 1 is 1.53 bits per heavy atom. The zero-order valence-corrected chi connectivity index (χ0v) is 11.6. The van der Waals surface area contributed by atoms with Crippen molar-refractivity contribution in [3.05, 3.63) is 35.4 Å². The molecule has 1 aliphatic heterocycles. The van der Waals surface area contributed by atoms with Gasteiger partial charge in [-0.05, 0) is 37.5 Å². The lowest BCUT2D eigenvalue weighted by atomic mass is 9.98. The van der Waals surface area contributed by atoms with Gasteiger partial charge in [0.25, 0.3) is 5.91 Å². The number of nitrogens with zero attached hydrogens (tertiary/aromatic N) is 1. The van der Waals surface area contributed by atoms with E-state index in [1.165, 1.54) is 0 Å². The molecule has 2 atom stereocenters. The Morgan fingerprint density at radius 3 is 3.00 bits per heavy atom. The van der Waals surface area contributed by atoms with Gasteiger partial charge in [-0.25, -0.2) is 0 Å². The summed E-state index contributed by atoms with van der Waals surface area (Å²) >= 11 is 0. The Bertz CT molecular complexity index is 448. The van der Waals surface area contributed by atoms with E-state index >= 15 is 0 Å². The predicted molar refractivity (Wildman–Crippen MR) is 74.9 cm³/mol. The second-order valence-electron chi connectivity index (χ2n) is 5.27. The maximum atomic E-state index is 12.5. The molecule has 1 aromatic carbocycles. The van der Waals surface area contributed by atoms with Crippen molar-refractivity contribution in [1.82, 2.24) is 4.90 Å². The van der Waals surface area contributed by atoms with E-state index in [1.54, 1.807) is 7.11 Å². The summed E-state index contributed by atoms with van der Waals surface area (Å²) in [6, 6.07) is 8.08. The van der Waals surface area contributed by atoms with Crippen LogP contribution in [0.2, 0.25) is 0 Å². The van der Waals surface area contributed by atoms with Crippen LogP contribution in [-0.4, -0.2) is 36.5 Å². The van der Waals surface area contributed by atoms with Crippen LogP contribution in [0.25, 0.3) is 0 Å². The molecule has 0 unspecified atom stereocenters. The number of ether oxygens (including phenoxy) is 1. The summed E-state index contributed by atoms with van der Waals surface area (Å²) in [5.74, 6) is 0.0948. The summed E-state index contributed by atoms with van der Waals surface area (Å²) in [5, 5.41) is 0. The van der Waals surface area contributed by atoms with Crippen LogP contribution in [0.5, 0.6) is 0 Å². The van der Waals surface area contributed by atoms with E-state index in [2.05, 4.69) is 6.92 Å². The lowest BCUT2D eigenvalue weighted by molar-refractivity contribution is 0.0618. The molecule has 19 heavy (non-hydrogen) atoms. The first-order valence-corrected chi connectivity index (χ1v) is 6.76. The van der Waals surface area contributed by atoms with Gasteiger partial charge in [0, 0.05) is 31.3 Å². The molecular weight excluding hydrogens is 240 g/mol. The van der Waals surface area contributed by atoms with Crippen LogP contribution in [0.15, 0.2) is 24.3 Å². The monoisotopic (exact) mass is 262 g/mol. The third-order valence-electron chi connectivity index (χ3n) is 3.66. The number of hydrogen-bond donors (Lipinski definition) is 1. The predicted octanol–water partition coefficient (Wildman–Crippen LogP) is 1.78. The number of hydrogen-bond acceptors (Lipinski definition) is 3. The number of piperidine rings is 1. The third-order valence-corrected chi connectivity index (χ3v) is 3.66. The molecular formula is C15H22N2O2. The molecule has 0 aliphatic carbocycles. The normalized spacial score (nSPS) is 23.4. The molecule has 0 aromatic heterocycles. The average molecular weight is 262 g/mol. The van der Waals surface area contributed by atoms with Gasteiger partial charge >= 0.3 is 0 Å². The summed E-state index contributed by atoms with van der Waals surface area (Å²) in [6.07, 6.45) is 1.76. The van der Waals surface area contributed by atoms with E-state index in [4.69, 9.17) is 10.5 Å². The highest BCUT2D eigenvalue weighted by molar-refractivity contribution is 5.94. The van der Waals surface area contributed by atoms with Crippen molar-refractivity contribution >= 4 is 5.91 Å². The minimum absolute atomic E-state index is 0.0948. The lowest BCUT2D eigenvalue weighted by Crippen LogP contribution is -2.48. The van der Waals surface area contributed by atoms with Gasteiger partial charge in [-0.15, -0.1) is 0 Å². The topological polar surface area (TPSA) is 55.6 Å². The third kappa shape index (κ3) is 3.33. The van der Waals surface area contributed by atoms with E-state index in [1.807, 2.05) is 29.2 Å². The molecule has 0 saturated carbocycles. The lowest BCUT2D eigenvalue weighted by Gasteiger charge is -2.36. The second-order valence-corrected chi connectivity index (χ2v) is 5.27. The SMILES string of the molecule is COCc1cccc(C(=O)N2CC[C@@H](N)C[C@H]2C)c1. The number of methoxy groups -OCH3 is 1. The van der Waals surface area contributed by atoms with Gasteiger partial charge < -0.3 is 15.4 Å². The molecule has 0 spiro atoms. The quantitative estimate of drug-likeness (QED) is 0.903. The largest absolute Gasteiger partial charge is 0.380 e. The van der Waals surface area contributed by atoms with Crippen molar-refractivity contribution in [3.63, 3.8) is 0 Å². The maximum Gasteiger partial charge on any atom is 0.254 e. The van der Waals surface area contributed by atoms with Gasteiger partial charge in [0.1, 0.15) is 0 Å². The smallest absolute Gasteiger partial charge is 0.254 e. The molecule has 1 fully saturated rings. The summed E-state index contributed by atoms with van der Waals surface area (Å²) in [6.45, 7) is 3.34. The highest BCUT2D eigenvalue weighted by Crippen LogP contribution is 2.19. The first-order chi connectivity index (χ1) is 9.11. The minimum Gasteiger partial charge on any atom is -0.380 e. The Balaban J connectivity index is 2.12. The Labute approximate surface area is 114 Å². The fourth-order valence-electron chi connectivity index (χ4n) is 2.64. The molecule has 1 saturated heterocycles. The van der Waals surface area contributed by atoms with E-state index < -0.39 is 0 Å². The standard InChI is InChI=1S/C15H22N2O2/c1-11-8-14(16)6-7-17(11)15(18)13-5-3-4-12(9-13)10-19-2/h3-5,9,11,14H,6-8,10,16H2,1-2H3/t11-,14-/m1/s1. The Kier molecular flexibility index (Phi) is 4.56. The number of nitrogens with two attached hydrogens (primary N) is 1. The highest BCUT2D eigenvalue weighted by atomic mass is 16.5. The molecule has 0 radical (unpaired) electrons. The molecule has 2 rings (SSSR count). The molecule has 1 aliphatic rings. The van der Waals surface area contributed by atoms with Crippen molar-refractivity contribution in [3.8, 4) is 0 Å². The first-order valence-electron chi connectivity index (χ1n) is 6.76. The van der Waals surface area contributed by atoms with Gasteiger partial charge in [0.2, 0.25) is 0 Å². The number of carbonyl (C=O) groups excluding carboxylic acids is 1. The second kappa shape index (κ2) is 6.17. The zero-order chi connectivity index (χ0) is 13.8. The van der Waals surface area contributed by atoms with Gasteiger partial charge in [0.05, 0.1) is 6.61 Å². The number of amides is 1. The fourth-order valence-corrected chi connectivity index (χ4v) is 2.64. The highest BCUT2D eigenvalue weighted by Gasteiger charge is 2.27.